The first-order valence-electron chi connectivity index (χ1n) is 13.8. The summed E-state index contributed by atoms with van der Waals surface area (Å²) in [7, 11) is 0. The number of hydrogen-bond donors (Lipinski definition) is 0. The quantitative estimate of drug-likeness (QED) is 0.0815. The van der Waals surface area contributed by atoms with Crippen LogP contribution in [0.15, 0.2) is 61.2 Å². The molecule has 11 heteroatoms. The number of carbonyl (C=O) groups is 4. The average Bonchev–Trinajstić information content (AvgIpc) is 3.57. The minimum atomic E-state index is -0.852. The first-order chi connectivity index (χ1) is 20.3. The second kappa shape index (κ2) is 15.1. The Kier molecular flexibility index (Phi) is 11.1. The predicted molar refractivity (Wildman–Crippen MR) is 147 cm³/mol. The number of benzene rings is 2. The molecule has 0 N–H and O–H groups in total. The van der Waals surface area contributed by atoms with E-state index < -0.39 is 30.2 Å². The molecule has 0 spiro atoms. The van der Waals surface area contributed by atoms with Gasteiger partial charge in [-0.25, -0.2) is 19.2 Å². The Morgan fingerprint density at radius 2 is 1.33 bits per heavy atom. The van der Waals surface area contributed by atoms with E-state index in [1.165, 1.54) is 48.5 Å². The average molecular weight is 583 g/mol. The lowest BCUT2D eigenvalue weighted by molar-refractivity contribution is -0.137. The van der Waals surface area contributed by atoms with E-state index in [9.17, 15) is 19.2 Å². The molecule has 11 nitrogen and oxygen atoms in total. The lowest BCUT2D eigenvalue weighted by atomic mass is 10.0. The molecule has 0 saturated carbocycles. The number of carbonyl (C=O) groups excluding carboxylic acids is 4. The zero-order valence-corrected chi connectivity index (χ0v) is 23.4. The molecule has 2 saturated heterocycles. The Bertz CT molecular complexity index is 1240. The number of ether oxygens (including phenoxy) is 7. The van der Waals surface area contributed by atoms with Crippen LogP contribution in [-0.2, 0) is 28.5 Å². The van der Waals surface area contributed by atoms with Gasteiger partial charge in [-0.3, -0.25) is 0 Å². The highest BCUT2D eigenvalue weighted by molar-refractivity contribution is 5.92. The van der Waals surface area contributed by atoms with Crippen molar-refractivity contribution in [3.8, 4) is 11.5 Å². The Labute approximate surface area is 243 Å². The van der Waals surface area contributed by atoms with Gasteiger partial charge in [-0.05, 0) is 74.2 Å². The van der Waals surface area contributed by atoms with Crippen molar-refractivity contribution in [3.63, 3.8) is 0 Å². The molecule has 2 unspecified atom stereocenters. The van der Waals surface area contributed by atoms with Crippen LogP contribution in [0, 0.1) is 5.92 Å². The zero-order valence-electron chi connectivity index (χ0n) is 23.4. The maximum absolute atomic E-state index is 12.6. The smallest absolute Gasteiger partial charge is 0.463 e. The van der Waals surface area contributed by atoms with Gasteiger partial charge in [-0.2, -0.15) is 0 Å². The standard InChI is InChI=1S/C31H34O11/c1-3-26(32)36-16-6-4-5-7-17-37-31(35)41-24-14-10-21(11-15-24)29(33)40-23-12-8-22(9-13-23)30(34)42-25-19-39-27-20(2)18-38-28(25)27/h3,8-15,20,25,27-28H,1,4-7,16-19H2,2H3/t20-,25-,27?,28?/m0/s1. The summed E-state index contributed by atoms with van der Waals surface area (Å²) in [4.78, 5) is 48.0. The van der Waals surface area contributed by atoms with E-state index in [1.807, 2.05) is 6.92 Å². The van der Waals surface area contributed by atoms with Crippen LogP contribution in [0.1, 0.15) is 53.3 Å². The summed E-state index contributed by atoms with van der Waals surface area (Å²) in [5.41, 5.74) is 0.545. The number of fused-ring (bicyclic) bond motifs is 1. The van der Waals surface area contributed by atoms with Gasteiger partial charge in [0.1, 0.15) is 17.6 Å². The van der Waals surface area contributed by atoms with Gasteiger partial charge >= 0.3 is 24.1 Å². The molecule has 2 heterocycles. The van der Waals surface area contributed by atoms with Crippen molar-refractivity contribution in [3.05, 3.63) is 72.3 Å². The molecule has 2 aromatic rings. The first kappa shape index (κ1) is 30.7. The lowest BCUT2D eigenvalue weighted by Crippen LogP contribution is -2.32. The maximum atomic E-state index is 12.6. The van der Waals surface area contributed by atoms with Gasteiger partial charge in [0, 0.05) is 12.0 Å². The van der Waals surface area contributed by atoms with Gasteiger partial charge in [0.15, 0.2) is 6.10 Å². The highest BCUT2D eigenvalue weighted by Crippen LogP contribution is 2.32. The van der Waals surface area contributed by atoms with Gasteiger partial charge in [0.25, 0.3) is 0 Å². The fourth-order valence-electron chi connectivity index (χ4n) is 4.52. The van der Waals surface area contributed by atoms with Crippen molar-refractivity contribution in [2.24, 2.45) is 5.92 Å². The van der Waals surface area contributed by atoms with Crippen LogP contribution in [0.2, 0.25) is 0 Å². The second-order valence-electron chi connectivity index (χ2n) is 9.94. The molecule has 224 valence electrons. The number of rotatable bonds is 13. The Morgan fingerprint density at radius 3 is 1.98 bits per heavy atom. The van der Waals surface area contributed by atoms with Gasteiger partial charge in [-0.1, -0.05) is 13.5 Å². The molecule has 0 aliphatic carbocycles. The van der Waals surface area contributed by atoms with E-state index in [0.29, 0.717) is 38.2 Å². The number of unbranched alkanes of at least 4 members (excludes halogenated alkanes) is 3. The van der Waals surface area contributed by atoms with Crippen LogP contribution >= 0.6 is 0 Å². The Hall–Kier alpha value is -4.22. The predicted octanol–water partition coefficient (Wildman–Crippen LogP) is 4.67. The fraction of sp³-hybridized carbons (Fsp3) is 0.419. The van der Waals surface area contributed by atoms with Gasteiger partial charge < -0.3 is 33.2 Å². The fourth-order valence-corrected chi connectivity index (χ4v) is 4.52. The minimum absolute atomic E-state index is 0.0608. The third-order valence-electron chi connectivity index (χ3n) is 6.78. The summed E-state index contributed by atoms with van der Waals surface area (Å²) in [6.07, 6.45) is 2.47. The van der Waals surface area contributed by atoms with Crippen LogP contribution < -0.4 is 9.47 Å². The highest BCUT2D eigenvalue weighted by Gasteiger charge is 2.47. The first-order valence-corrected chi connectivity index (χ1v) is 13.8. The molecular formula is C31H34O11. The minimum Gasteiger partial charge on any atom is -0.463 e. The van der Waals surface area contributed by atoms with Crippen LogP contribution in [0.25, 0.3) is 0 Å². The molecular weight excluding hydrogens is 548 g/mol. The SMILES string of the molecule is C=CC(=O)OCCCCCCOC(=O)Oc1ccc(C(=O)Oc2ccc(C(=O)O[C@H]3COC4C3OC[C@@H]4C)cc2)cc1. The second-order valence-corrected chi connectivity index (χ2v) is 9.94. The summed E-state index contributed by atoms with van der Waals surface area (Å²) >= 11 is 0. The van der Waals surface area contributed by atoms with Crippen LogP contribution in [-0.4, -0.2) is 68.8 Å². The molecule has 2 aliphatic heterocycles. The normalized spacial score (nSPS) is 20.7. The van der Waals surface area contributed by atoms with Crippen molar-refractivity contribution < 1.29 is 52.3 Å². The van der Waals surface area contributed by atoms with E-state index in [0.717, 1.165) is 18.9 Å². The molecule has 0 radical (unpaired) electrons. The summed E-state index contributed by atoms with van der Waals surface area (Å²) in [5, 5.41) is 0. The monoisotopic (exact) mass is 582 g/mol. The van der Waals surface area contributed by atoms with E-state index in [1.54, 1.807) is 0 Å². The maximum Gasteiger partial charge on any atom is 0.513 e. The molecule has 4 atom stereocenters. The van der Waals surface area contributed by atoms with Gasteiger partial charge in [-0.15, -0.1) is 0 Å². The van der Waals surface area contributed by atoms with Crippen LogP contribution in [0.4, 0.5) is 4.79 Å². The van der Waals surface area contributed by atoms with Gasteiger partial charge in [0.2, 0.25) is 0 Å². The van der Waals surface area contributed by atoms with E-state index in [2.05, 4.69) is 6.58 Å². The summed E-state index contributed by atoms with van der Waals surface area (Å²) in [6, 6.07) is 11.8. The third kappa shape index (κ3) is 8.64. The Balaban J connectivity index is 1.14. The van der Waals surface area contributed by atoms with Crippen molar-refractivity contribution in [1.82, 2.24) is 0 Å². The van der Waals surface area contributed by atoms with Crippen LogP contribution in [0.5, 0.6) is 11.5 Å². The molecule has 0 amide bonds. The molecule has 2 fully saturated rings. The molecule has 4 rings (SSSR count). The molecule has 0 aromatic heterocycles. The summed E-state index contributed by atoms with van der Waals surface area (Å²) in [5.74, 6) is -0.868. The van der Waals surface area contributed by atoms with Crippen LogP contribution in [0.3, 0.4) is 0 Å². The number of esters is 3. The van der Waals surface area contributed by atoms with E-state index in [-0.39, 0.29) is 41.8 Å². The topological polar surface area (TPSA) is 133 Å². The summed E-state index contributed by atoms with van der Waals surface area (Å²) < 4.78 is 37.4. The van der Waals surface area contributed by atoms with Gasteiger partial charge in [0.05, 0.1) is 43.7 Å². The van der Waals surface area contributed by atoms with Crippen molar-refractivity contribution in [1.29, 1.82) is 0 Å². The largest absolute Gasteiger partial charge is 0.513 e. The Morgan fingerprint density at radius 1 is 0.762 bits per heavy atom. The van der Waals surface area contributed by atoms with Crippen molar-refractivity contribution in [2.75, 3.05) is 26.4 Å². The highest BCUT2D eigenvalue weighted by atomic mass is 16.7. The lowest BCUT2D eigenvalue weighted by Gasteiger charge is -2.16. The molecule has 2 aliphatic rings. The van der Waals surface area contributed by atoms with E-state index >= 15 is 0 Å². The zero-order chi connectivity index (χ0) is 29.9. The third-order valence-corrected chi connectivity index (χ3v) is 6.78. The number of hydrogen-bond acceptors (Lipinski definition) is 11. The summed E-state index contributed by atoms with van der Waals surface area (Å²) in [6.45, 7) is 6.76. The molecule has 0 bridgehead atoms. The molecule has 2 aromatic carbocycles. The van der Waals surface area contributed by atoms with E-state index in [4.69, 9.17) is 33.2 Å². The van der Waals surface area contributed by atoms with Crippen molar-refractivity contribution >= 4 is 24.1 Å². The molecule has 42 heavy (non-hydrogen) atoms. The van der Waals surface area contributed by atoms with Crippen molar-refractivity contribution in [2.45, 2.75) is 50.9 Å².